The zero-order chi connectivity index (χ0) is 23.4. The van der Waals surface area contributed by atoms with E-state index in [0.29, 0.717) is 34.6 Å². The highest BCUT2D eigenvalue weighted by molar-refractivity contribution is 7.80. The van der Waals surface area contributed by atoms with Gasteiger partial charge in [-0.2, -0.15) is 4.98 Å². The van der Waals surface area contributed by atoms with Crippen LogP contribution in [-0.4, -0.2) is 47.9 Å². The van der Waals surface area contributed by atoms with Crippen LogP contribution in [0.25, 0.3) is 0 Å². The molecule has 3 heterocycles. The molecule has 6 nitrogen and oxygen atoms in total. The van der Waals surface area contributed by atoms with Crippen LogP contribution in [0.2, 0.25) is 10.2 Å². The Morgan fingerprint density at radius 3 is 2.45 bits per heavy atom. The topological polar surface area (TPSA) is 62.3 Å². The molecule has 0 amide bonds. The Kier molecular flexibility index (Phi) is 7.95. The summed E-state index contributed by atoms with van der Waals surface area (Å²) >= 11 is 18.0. The molecule has 178 valence electrons. The number of thiocarbonyl (C=S) groups is 1. The maximum absolute atomic E-state index is 6.33. The SMILES string of the molecule is CC1CC(C)CN(c2cc(Cl)nc(NC(=S)NCC3(c4ccc(Cl)cc4)CCOCC3)n2)C1. The van der Waals surface area contributed by atoms with E-state index in [9.17, 15) is 0 Å². The third-order valence-electron chi connectivity index (χ3n) is 6.59. The van der Waals surface area contributed by atoms with Gasteiger partial charge < -0.3 is 20.3 Å². The van der Waals surface area contributed by atoms with Crippen molar-refractivity contribution in [3.63, 3.8) is 0 Å². The van der Waals surface area contributed by atoms with E-state index in [1.807, 2.05) is 18.2 Å². The molecule has 2 aromatic rings. The maximum atomic E-state index is 6.33. The largest absolute Gasteiger partial charge is 0.381 e. The second kappa shape index (κ2) is 10.7. The molecule has 2 saturated heterocycles. The standard InChI is InChI=1S/C24H31Cl2N5OS/c1-16-11-17(2)14-31(13-16)21-12-20(26)28-22(29-21)30-23(33)27-15-24(7-9-32-10-8-24)18-3-5-19(25)6-4-18/h3-6,12,16-17H,7-11,13-15H2,1-2H3,(H2,27,28,29,30,33). The van der Waals surface area contributed by atoms with Gasteiger partial charge >= 0.3 is 0 Å². The number of hydrogen-bond acceptors (Lipinski definition) is 5. The minimum atomic E-state index is -0.0744. The molecule has 2 aliphatic heterocycles. The number of halogens is 2. The van der Waals surface area contributed by atoms with Crippen LogP contribution in [0.1, 0.15) is 38.7 Å². The van der Waals surface area contributed by atoms with Gasteiger partial charge in [0.1, 0.15) is 11.0 Å². The third-order valence-corrected chi connectivity index (χ3v) is 7.29. The normalized spacial score (nSPS) is 22.6. The van der Waals surface area contributed by atoms with Crippen LogP contribution in [0, 0.1) is 11.8 Å². The summed E-state index contributed by atoms with van der Waals surface area (Å²) in [5.74, 6) is 2.48. The second-order valence-electron chi connectivity index (χ2n) is 9.43. The van der Waals surface area contributed by atoms with Crippen molar-refractivity contribution < 1.29 is 4.74 Å². The van der Waals surface area contributed by atoms with E-state index < -0.39 is 0 Å². The maximum Gasteiger partial charge on any atom is 0.232 e. The average Bonchev–Trinajstić information content (AvgIpc) is 2.78. The van der Waals surface area contributed by atoms with Crippen molar-refractivity contribution in [2.75, 3.05) is 43.1 Å². The Balaban J connectivity index is 1.43. The summed E-state index contributed by atoms with van der Waals surface area (Å²) in [6, 6.07) is 9.89. The predicted molar refractivity (Wildman–Crippen MR) is 140 cm³/mol. The van der Waals surface area contributed by atoms with Crippen molar-refractivity contribution in [2.45, 2.75) is 38.5 Å². The van der Waals surface area contributed by atoms with Gasteiger partial charge in [-0.3, -0.25) is 0 Å². The molecule has 2 unspecified atom stereocenters. The van der Waals surface area contributed by atoms with Crippen LogP contribution in [0.3, 0.4) is 0 Å². The molecule has 33 heavy (non-hydrogen) atoms. The number of nitrogens with zero attached hydrogens (tertiary/aromatic N) is 3. The first-order valence-electron chi connectivity index (χ1n) is 11.5. The van der Waals surface area contributed by atoms with Gasteiger partial charge in [0, 0.05) is 49.4 Å². The lowest BCUT2D eigenvalue weighted by Crippen LogP contribution is -2.45. The second-order valence-corrected chi connectivity index (χ2v) is 10.7. The molecule has 0 radical (unpaired) electrons. The van der Waals surface area contributed by atoms with Crippen LogP contribution in [0.5, 0.6) is 0 Å². The zero-order valence-corrected chi connectivity index (χ0v) is 21.4. The molecule has 2 N–H and O–H groups in total. The van der Waals surface area contributed by atoms with E-state index in [2.05, 4.69) is 46.5 Å². The van der Waals surface area contributed by atoms with Gasteiger partial charge in [0.05, 0.1) is 0 Å². The van der Waals surface area contributed by atoms with Gasteiger partial charge in [-0.15, -0.1) is 0 Å². The number of piperidine rings is 1. The van der Waals surface area contributed by atoms with E-state index in [1.165, 1.54) is 12.0 Å². The van der Waals surface area contributed by atoms with Gasteiger partial charge in [-0.1, -0.05) is 49.2 Å². The first-order valence-corrected chi connectivity index (χ1v) is 12.7. The summed E-state index contributed by atoms with van der Waals surface area (Å²) < 4.78 is 5.63. The molecule has 2 aliphatic rings. The van der Waals surface area contributed by atoms with Gasteiger partial charge in [0.25, 0.3) is 0 Å². The number of benzene rings is 1. The molecule has 9 heteroatoms. The van der Waals surface area contributed by atoms with Gasteiger partial charge in [0.2, 0.25) is 5.95 Å². The van der Waals surface area contributed by atoms with Crippen LogP contribution in [0.4, 0.5) is 11.8 Å². The zero-order valence-electron chi connectivity index (χ0n) is 19.1. The Morgan fingerprint density at radius 2 is 1.79 bits per heavy atom. The van der Waals surface area contributed by atoms with E-state index in [4.69, 9.17) is 45.1 Å². The Hall–Kier alpha value is -1.67. The van der Waals surface area contributed by atoms with E-state index in [1.54, 1.807) is 0 Å². The van der Waals surface area contributed by atoms with Crippen molar-refractivity contribution in [3.8, 4) is 0 Å². The fourth-order valence-corrected chi connectivity index (χ4v) is 5.47. The summed E-state index contributed by atoms with van der Waals surface area (Å²) in [5.41, 5.74) is 1.16. The third kappa shape index (κ3) is 6.27. The molecule has 2 atom stereocenters. The molecule has 2 fully saturated rings. The lowest BCUT2D eigenvalue weighted by atomic mass is 9.74. The number of nitrogens with one attached hydrogen (secondary N) is 2. The average molecular weight is 509 g/mol. The van der Waals surface area contributed by atoms with Crippen molar-refractivity contribution in [1.82, 2.24) is 15.3 Å². The molecular weight excluding hydrogens is 477 g/mol. The lowest BCUT2D eigenvalue weighted by Gasteiger charge is -2.38. The monoisotopic (exact) mass is 507 g/mol. The van der Waals surface area contributed by atoms with Crippen molar-refractivity contribution in [1.29, 1.82) is 0 Å². The first kappa shape index (κ1) is 24.5. The van der Waals surface area contributed by atoms with Gasteiger partial charge in [-0.25, -0.2) is 4.98 Å². The summed E-state index contributed by atoms with van der Waals surface area (Å²) in [7, 11) is 0. The summed E-state index contributed by atoms with van der Waals surface area (Å²) in [6.45, 7) is 8.60. The van der Waals surface area contributed by atoms with Crippen LogP contribution >= 0.6 is 35.4 Å². The van der Waals surface area contributed by atoms with E-state index >= 15 is 0 Å². The number of hydrogen-bond donors (Lipinski definition) is 2. The Bertz CT molecular complexity index is 958. The minimum absolute atomic E-state index is 0.0744. The summed E-state index contributed by atoms with van der Waals surface area (Å²) in [4.78, 5) is 11.3. The first-order chi connectivity index (χ1) is 15.8. The Labute approximate surface area is 211 Å². The van der Waals surface area contributed by atoms with Gasteiger partial charge in [0.15, 0.2) is 5.11 Å². The molecule has 4 rings (SSSR count). The highest BCUT2D eigenvalue weighted by atomic mass is 35.5. The number of aromatic nitrogens is 2. The molecule has 0 aliphatic carbocycles. The molecule has 0 bridgehead atoms. The van der Waals surface area contributed by atoms with Crippen LogP contribution < -0.4 is 15.5 Å². The molecule has 1 aromatic heterocycles. The van der Waals surface area contributed by atoms with Crippen molar-refractivity contribution in [2.24, 2.45) is 11.8 Å². The Morgan fingerprint density at radius 1 is 1.12 bits per heavy atom. The number of anilines is 2. The highest BCUT2D eigenvalue weighted by Crippen LogP contribution is 2.35. The molecular formula is C24H31Cl2N5OS. The van der Waals surface area contributed by atoms with Gasteiger partial charge in [-0.05, 0) is 61.0 Å². The van der Waals surface area contributed by atoms with Crippen LogP contribution in [0.15, 0.2) is 30.3 Å². The fraction of sp³-hybridized carbons (Fsp3) is 0.542. The summed E-state index contributed by atoms with van der Waals surface area (Å²) in [5, 5.41) is 8.13. The smallest absolute Gasteiger partial charge is 0.232 e. The molecule has 0 saturated carbocycles. The number of rotatable bonds is 5. The minimum Gasteiger partial charge on any atom is -0.381 e. The predicted octanol–water partition coefficient (Wildman–Crippen LogP) is 5.30. The summed E-state index contributed by atoms with van der Waals surface area (Å²) in [6.07, 6.45) is 3.05. The molecule has 0 spiro atoms. The number of ether oxygens (including phenoxy) is 1. The lowest BCUT2D eigenvalue weighted by molar-refractivity contribution is 0.0515. The fourth-order valence-electron chi connectivity index (χ4n) is 5.00. The van der Waals surface area contributed by atoms with E-state index in [0.717, 1.165) is 50.0 Å². The van der Waals surface area contributed by atoms with Crippen molar-refractivity contribution in [3.05, 3.63) is 46.1 Å². The van der Waals surface area contributed by atoms with Crippen molar-refractivity contribution >= 4 is 52.3 Å². The highest BCUT2D eigenvalue weighted by Gasteiger charge is 2.34. The molecule has 1 aromatic carbocycles. The van der Waals surface area contributed by atoms with Crippen LogP contribution in [-0.2, 0) is 10.2 Å². The quantitative estimate of drug-likeness (QED) is 0.420. The van der Waals surface area contributed by atoms with E-state index in [-0.39, 0.29) is 5.41 Å².